The van der Waals surface area contributed by atoms with Gasteiger partial charge in [0.15, 0.2) is 0 Å². The lowest BCUT2D eigenvalue weighted by atomic mass is 9.87. The number of aryl methyl sites for hydroxylation is 1. The second kappa shape index (κ2) is 9.71. The molecule has 10 heteroatoms. The van der Waals surface area contributed by atoms with E-state index in [1.54, 1.807) is 30.1 Å². The number of aromatic nitrogens is 6. The summed E-state index contributed by atoms with van der Waals surface area (Å²) in [4.78, 5) is 30.7. The van der Waals surface area contributed by atoms with Crippen LogP contribution in [0.15, 0.2) is 72.5 Å². The molecule has 3 saturated heterocycles. The summed E-state index contributed by atoms with van der Waals surface area (Å²) in [7, 11) is 3.66. The first-order valence-electron chi connectivity index (χ1n) is 13.4. The minimum atomic E-state index is -0.0393. The zero-order valence-electron chi connectivity index (χ0n) is 22.7. The number of carbonyl (C=O) groups excluding carboxylic acids is 1. The summed E-state index contributed by atoms with van der Waals surface area (Å²) in [6.07, 6.45) is 19.4. The van der Waals surface area contributed by atoms with E-state index in [1.807, 2.05) is 53.7 Å². The number of aliphatic imine (C=N–C) groups is 1. The summed E-state index contributed by atoms with van der Waals surface area (Å²) in [5.41, 5.74) is 7.02. The van der Waals surface area contributed by atoms with Crippen LogP contribution in [-0.2, 0) is 7.05 Å². The number of rotatable bonds is 5. The summed E-state index contributed by atoms with van der Waals surface area (Å²) in [5.74, 6) is 3.40. The maximum atomic E-state index is 13.1. The van der Waals surface area contributed by atoms with Crippen LogP contribution in [0.1, 0.15) is 28.0 Å². The average molecular weight is 542 g/mol. The van der Waals surface area contributed by atoms with Crippen molar-refractivity contribution in [1.29, 1.82) is 0 Å². The van der Waals surface area contributed by atoms with Crippen LogP contribution in [-0.4, -0.2) is 78.6 Å². The fourth-order valence-electron chi connectivity index (χ4n) is 5.93. The molecule has 1 amide bonds. The predicted octanol–water partition coefficient (Wildman–Crippen LogP) is 3.33. The van der Waals surface area contributed by atoms with Crippen LogP contribution in [0.4, 0.5) is 5.82 Å². The van der Waals surface area contributed by atoms with Gasteiger partial charge in [0.25, 0.3) is 5.91 Å². The Bertz CT molecular complexity index is 1830. The molecule has 202 valence electrons. The Kier molecular flexibility index (Phi) is 5.86. The molecule has 5 aromatic heterocycles. The van der Waals surface area contributed by atoms with E-state index in [0.717, 1.165) is 58.7 Å². The van der Waals surface area contributed by atoms with E-state index in [-0.39, 0.29) is 18.0 Å². The van der Waals surface area contributed by atoms with Gasteiger partial charge in [-0.25, -0.2) is 14.5 Å². The quantitative estimate of drug-likeness (QED) is 0.250. The second-order valence-corrected chi connectivity index (χ2v) is 10.5. The number of hydrogen-bond acceptors (Lipinski definition) is 7. The second-order valence-electron chi connectivity index (χ2n) is 10.5. The molecule has 2 bridgehead atoms. The number of pyridine rings is 3. The molecule has 3 fully saturated rings. The van der Waals surface area contributed by atoms with Crippen LogP contribution in [0, 0.1) is 12.3 Å². The lowest BCUT2D eigenvalue weighted by Crippen LogP contribution is -2.70. The molecule has 0 N–H and O–H groups in total. The van der Waals surface area contributed by atoms with Crippen molar-refractivity contribution in [3.8, 4) is 34.6 Å². The van der Waals surface area contributed by atoms with E-state index in [4.69, 9.17) is 11.4 Å². The summed E-state index contributed by atoms with van der Waals surface area (Å²) >= 11 is 0. The maximum Gasteiger partial charge on any atom is 0.273 e. The Hall–Kier alpha value is -5.30. The smallest absolute Gasteiger partial charge is 0.273 e. The zero-order valence-corrected chi connectivity index (χ0v) is 22.7. The van der Waals surface area contributed by atoms with Crippen LogP contribution in [0.25, 0.3) is 27.8 Å². The third-order valence-corrected chi connectivity index (χ3v) is 7.91. The lowest BCUT2D eigenvalue weighted by molar-refractivity contribution is 0.00525. The van der Waals surface area contributed by atoms with Gasteiger partial charge >= 0.3 is 0 Å². The van der Waals surface area contributed by atoms with Crippen LogP contribution in [0.2, 0.25) is 0 Å². The fraction of sp³-hybridized carbons (Fsp3) is 0.226. The summed E-state index contributed by atoms with van der Waals surface area (Å²) < 4.78 is 3.68. The number of nitrogens with zero attached hydrogens (tertiary/aromatic N) is 9. The average Bonchev–Trinajstić information content (AvgIpc) is 3.63. The number of carbonyl (C=O) groups is 1. The van der Waals surface area contributed by atoms with Crippen molar-refractivity contribution >= 4 is 23.5 Å². The van der Waals surface area contributed by atoms with Gasteiger partial charge in [0, 0.05) is 91.6 Å². The number of fused-ring (bicyclic) bond motifs is 3. The fourth-order valence-corrected chi connectivity index (χ4v) is 5.93. The highest BCUT2D eigenvalue weighted by Gasteiger charge is 2.48. The summed E-state index contributed by atoms with van der Waals surface area (Å²) in [5, 5.41) is 8.93. The third kappa shape index (κ3) is 4.23. The molecule has 3 aliphatic heterocycles. The topological polar surface area (TPSA) is 96.8 Å². The third-order valence-electron chi connectivity index (χ3n) is 7.91. The predicted molar refractivity (Wildman–Crippen MR) is 157 cm³/mol. The van der Waals surface area contributed by atoms with Gasteiger partial charge in [-0.1, -0.05) is 5.92 Å². The van der Waals surface area contributed by atoms with Crippen LogP contribution >= 0.6 is 0 Å². The molecule has 0 aromatic carbocycles. The van der Waals surface area contributed by atoms with Crippen LogP contribution in [0.5, 0.6) is 0 Å². The monoisotopic (exact) mass is 541 g/mol. The van der Waals surface area contributed by atoms with Crippen molar-refractivity contribution in [1.82, 2.24) is 34.3 Å². The molecule has 8 rings (SSSR count). The number of hydrogen-bond donors (Lipinski definition) is 0. The Balaban J connectivity index is 1.15. The standard InChI is InChI=1S/C31H27N9O/c1-4-20-5-7-28(33-11-20)31(41)40-25-10-26(40)19-38(18-25)29-8-6-21(13-34-29)27-9-22(24-15-35-37(3)16-24)17-39-30(27)23(12-32-2)14-36-39/h1,5-9,11-17,25-26H,10,18-19H2,2-3H3/b32-12-. The Morgan fingerprint density at radius 2 is 1.85 bits per heavy atom. The highest BCUT2D eigenvalue weighted by Crippen LogP contribution is 2.36. The summed E-state index contributed by atoms with van der Waals surface area (Å²) in [6.45, 7) is 1.47. The highest BCUT2D eigenvalue weighted by molar-refractivity contribution is 5.97. The number of piperidine rings is 1. The van der Waals surface area contributed by atoms with E-state index < -0.39 is 0 Å². The Morgan fingerprint density at radius 1 is 1.00 bits per heavy atom. The molecule has 0 aliphatic carbocycles. The van der Waals surface area contributed by atoms with Crippen molar-refractivity contribution in [2.24, 2.45) is 12.0 Å². The molecule has 0 saturated carbocycles. The van der Waals surface area contributed by atoms with Crippen LogP contribution < -0.4 is 4.90 Å². The number of amides is 1. The molecular formula is C31H27N9O. The molecule has 10 nitrogen and oxygen atoms in total. The van der Waals surface area contributed by atoms with Gasteiger partial charge in [-0.05, 0) is 36.8 Å². The van der Waals surface area contributed by atoms with E-state index in [9.17, 15) is 4.79 Å². The van der Waals surface area contributed by atoms with Crippen molar-refractivity contribution in [3.63, 3.8) is 0 Å². The number of terminal acetylenes is 1. The Morgan fingerprint density at radius 3 is 2.51 bits per heavy atom. The Labute approximate surface area is 237 Å². The molecule has 0 spiro atoms. The van der Waals surface area contributed by atoms with Gasteiger partial charge in [0.05, 0.1) is 30.0 Å². The minimum Gasteiger partial charge on any atom is -0.352 e. The van der Waals surface area contributed by atoms with Crippen molar-refractivity contribution < 1.29 is 4.79 Å². The molecule has 2 atom stereocenters. The molecule has 3 aliphatic rings. The van der Waals surface area contributed by atoms with Gasteiger partial charge in [-0.3, -0.25) is 14.5 Å². The van der Waals surface area contributed by atoms with Crippen molar-refractivity contribution in [2.45, 2.75) is 18.5 Å². The van der Waals surface area contributed by atoms with Crippen molar-refractivity contribution in [2.75, 3.05) is 25.0 Å². The number of piperazine rings is 1. The molecule has 5 aromatic rings. The van der Waals surface area contributed by atoms with Crippen molar-refractivity contribution in [3.05, 3.63) is 84.3 Å². The molecule has 41 heavy (non-hydrogen) atoms. The summed E-state index contributed by atoms with van der Waals surface area (Å²) in [6, 6.07) is 10.1. The maximum absolute atomic E-state index is 13.1. The van der Waals surface area contributed by atoms with Crippen LogP contribution in [0.3, 0.4) is 0 Å². The normalized spacial score (nSPS) is 18.1. The van der Waals surface area contributed by atoms with E-state index in [1.165, 1.54) is 0 Å². The molecular weight excluding hydrogens is 514 g/mol. The minimum absolute atomic E-state index is 0.0393. The van der Waals surface area contributed by atoms with Gasteiger partial charge in [-0.15, -0.1) is 6.42 Å². The highest BCUT2D eigenvalue weighted by atomic mass is 16.2. The zero-order chi connectivity index (χ0) is 28.1. The molecule has 0 radical (unpaired) electrons. The SMILES string of the molecule is C#Cc1ccc(C(=O)N2C3CC2CN(c2ccc(-c4cc(-c5cnn(C)c5)cn5ncc(/C=N\C)c45)cn2)C3)nc1. The van der Waals surface area contributed by atoms with E-state index in [2.05, 4.69) is 49.2 Å². The number of anilines is 1. The van der Waals surface area contributed by atoms with Gasteiger partial charge < -0.3 is 9.80 Å². The first-order valence-corrected chi connectivity index (χ1v) is 13.4. The van der Waals surface area contributed by atoms with E-state index >= 15 is 0 Å². The first kappa shape index (κ1) is 24.7. The largest absolute Gasteiger partial charge is 0.352 e. The van der Waals surface area contributed by atoms with Gasteiger partial charge in [0.1, 0.15) is 11.5 Å². The van der Waals surface area contributed by atoms with Gasteiger partial charge in [0.2, 0.25) is 0 Å². The lowest BCUT2D eigenvalue weighted by Gasteiger charge is -2.56. The molecule has 8 heterocycles. The molecule has 2 unspecified atom stereocenters. The van der Waals surface area contributed by atoms with E-state index in [0.29, 0.717) is 11.3 Å². The first-order chi connectivity index (χ1) is 20.0. The van der Waals surface area contributed by atoms with Gasteiger partial charge in [-0.2, -0.15) is 10.2 Å².